The van der Waals surface area contributed by atoms with E-state index in [0.717, 1.165) is 33.7 Å². The Bertz CT molecular complexity index is 3420. The first-order chi connectivity index (χ1) is 27.3. The second-order valence-electron chi connectivity index (χ2n) is 14.1. The van der Waals surface area contributed by atoms with Crippen molar-refractivity contribution in [2.24, 2.45) is 0 Å². The van der Waals surface area contributed by atoms with Crippen LogP contribution in [0.15, 0.2) is 182 Å². The maximum Gasteiger partial charge on any atom is 0.162 e. The van der Waals surface area contributed by atoms with E-state index in [2.05, 4.69) is 167 Å². The summed E-state index contributed by atoms with van der Waals surface area (Å²) in [4.78, 5) is 10.4. The van der Waals surface area contributed by atoms with Gasteiger partial charge in [0.15, 0.2) is 5.82 Å². The number of rotatable bonds is 4. The lowest BCUT2D eigenvalue weighted by Crippen LogP contribution is -2.02. The standard InChI is InChI=1S/C50H30N4S/c1-3-15-32(16-4-1)37-30-45(52-50(51-37)33-17-5-2-6-18-33)54-40-24-12-10-22-36(40)47-42(54)27-29-44-49(47)48-43(55-44)28-26-41-46(48)35-21-9-11-23-39(35)53(41)38-25-13-19-31-14-7-8-20-34(31)38/h1-30H. The molecule has 0 amide bonds. The molecule has 256 valence electrons. The maximum absolute atomic E-state index is 5.31. The molecule has 0 aliphatic heterocycles. The highest BCUT2D eigenvalue weighted by Gasteiger charge is 2.23. The van der Waals surface area contributed by atoms with E-state index in [1.807, 2.05) is 35.6 Å². The van der Waals surface area contributed by atoms with Gasteiger partial charge >= 0.3 is 0 Å². The highest BCUT2D eigenvalue weighted by atomic mass is 32.1. The Balaban J connectivity index is 1.22. The van der Waals surface area contributed by atoms with Crippen LogP contribution in [-0.2, 0) is 0 Å². The van der Waals surface area contributed by atoms with E-state index in [1.165, 1.54) is 69.2 Å². The van der Waals surface area contributed by atoms with Gasteiger partial charge < -0.3 is 4.57 Å². The molecule has 12 aromatic rings. The van der Waals surface area contributed by atoms with Gasteiger partial charge in [0, 0.05) is 64.3 Å². The average Bonchev–Trinajstić information content (AvgIpc) is 3.91. The molecule has 5 heteroatoms. The van der Waals surface area contributed by atoms with Crippen LogP contribution in [0, 0.1) is 0 Å². The predicted octanol–water partition coefficient (Wildman–Crippen LogP) is 13.5. The SMILES string of the molecule is c1ccc(-c2cc(-n3c4ccccc4c4c5c(ccc43)sc3ccc4c(c6ccccc6n4-c4cccc6ccccc46)c35)nc(-c3ccccc3)n2)cc1. The number of nitrogens with zero attached hydrogens (tertiary/aromatic N) is 4. The molecule has 4 nitrogen and oxygen atoms in total. The number of fused-ring (bicyclic) bond motifs is 12. The summed E-state index contributed by atoms with van der Waals surface area (Å²) in [6.07, 6.45) is 0. The molecular formula is C50H30N4S. The number of thiophene rings is 1. The largest absolute Gasteiger partial charge is 0.309 e. The fourth-order valence-electron chi connectivity index (χ4n) is 8.80. The first-order valence-corrected chi connectivity index (χ1v) is 19.4. The minimum atomic E-state index is 0.702. The summed E-state index contributed by atoms with van der Waals surface area (Å²) in [5, 5.41) is 10.1. The van der Waals surface area contributed by atoms with Crippen LogP contribution in [-0.4, -0.2) is 19.1 Å². The molecule has 0 aliphatic rings. The molecular weight excluding hydrogens is 689 g/mol. The van der Waals surface area contributed by atoms with Gasteiger partial charge in [0.25, 0.3) is 0 Å². The molecule has 0 bridgehead atoms. The Labute approximate surface area is 319 Å². The van der Waals surface area contributed by atoms with Gasteiger partial charge in [-0.2, -0.15) is 0 Å². The monoisotopic (exact) mass is 718 g/mol. The van der Waals surface area contributed by atoms with Gasteiger partial charge in [-0.15, -0.1) is 11.3 Å². The Kier molecular flexibility index (Phi) is 6.47. The van der Waals surface area contributed by atoms with Crippen LogP contribution in [0.5, 0.6) is 0 Å². The van der Waals surface area contributed by atoms with Crippen molar-refractivity contribution in [3.63, 3.8) is 0 Å². The number of aromatic nitrogens is 4. The number of hydrogen-bond donors (Lipinski definition) is 0. The number of hydrogen-bond acceptors (Lipinski definition) is 3. The van der Waals surface area contributed by atoms with Crippen LogP contribution in [0.4, 0.5) is 0 Å². The topological polar surface area (TPSA) is 35.6 Å². The van der Waals surface area contributed by atoms with Crippen molar-refractivity contribution in [2.45, 2.75) is 0 Å². The molecule has 4 aromatic heterocycles. The van der Waals surface area contributed by atoms with E-state index < -0.39 is 0 Å². The van der Waals surface area contributed by atoms with Crippen molar-refractivity contribution in [3.05, 3.63) is 182 Å². The van der Waals surface area contributed by atoms with Crippen LogP contribution >= 0.6 is 11.3 Å². The predicted molar refractivity (Wildman–Crippen MR) is 232 cm³/mol. The molecule has 0 N–H and O–H groups in total. The molecule has 0 aliphatic carbocycles. The summed E-state index contributed by atoms with van der Waals surface area (Å²) in [6.45, 7) is 0. The first-order valence-electron chi connectivity index (χ1n) is 18.6. The van der Waals surface area contributed by atoms with Crippen LogP contribution in [0.2, 0.25) is 0 Å². The Morgan fingerprint density at radius 2 is 0.927 bits per heavy atom. The number of para-hydroxylation sites is 2. The zero-order chi connectivity index (χ0) is 36.0. The summed E-state index contributed by atoms with van der Waals surface area (Å²) >= 11 is 1.88. The van der Waals surface area contributed by atoms with E-state index in [0.29, 0.717) is 5.82 Å². The minimum Gasteiger partial charge on any atom is -0.309 e. The highest BCUT2D eigenvalue weighted by Crippen LogP contribution is 2.48. The summed E-state index contributed by atoms with van der Waals surface area (Å²) in [7, 11) is 0. The van der Waals surface area contributed by atoms with E-state index >= 15 is 0 Å². The fraction of sp³-hybridized carbons (Fsp3) is 0. The van der Waals surface area contributed by atoms with Crippen molar-refractivity contribution >= 4 is 85.9 Å². The van der Waals surface area contributed by atoms with Crippen molar-refractivity contribution in [1.29, 1.82) is 0 Å². The summed E-state index contributed by atoms with van der Waals surface area (Å²) < 4.78 is 7.37. The van der Waals surface area contributed by atoms with Gasteiger partial charge in [0.05, 0.1) is 33.4 Å². The van der Waals surface area contributed by atoms with Crippen molar-refractivity contribution in [3.8, 4) is 34.2 Å². The lowest BCUT2D eigenvalue weighted by atomic mass is 10.0. The molecule has 0 radical (unpaired) electrons. The highest BCUT2D eigenvalue weighted by molar-refractivity contribution is 7.26. The molecule has 0 unspecified atom stereocenters. The normalized spacial score (nSPS) is 12.0. The van der Waals surface area contributed by atoms with Crippen molar-refractivity contribution < 1.29 is 0 Å². The molecule has 0 fully saturated rings. The lowest BCUT2D eigenvalue weighted by molar-refractivity contribution is 1.05. The molecule has 0 atom stereocenters. The molecule has 0 spiro atoms. The molecule has 12 rings (SSSR count). The second-order valence-corrected chi connectivity index (χ2v) is 15.2. The Morgan fingerprint density at radius 3 is 1.62 bits per heavy atom. The smallest absolute Gasteiger partial charge is 0.162 e. The maximum atomic E-state index is 5.31. The summed E-state index contributed by atoms with van der Waals surface area (Å²) in [5.74, 6) is 1.54. The minimum absolute atomic E-state index is 0.702. The third-order valence-corrected chi connectivity index (χ3v) is 12.2. The van der Waals surface area contributed by atoms with Crippen LogP contribution in [0.3, 0.4) is 0 Å². The van der Waals surface area contributed by atoms with E-state index in [1.54, 1.807) is 0 Å². The van der Waals surface area contributed by atoms with E-state index in [4.69, 9.17) is 9.97 Å². The summed E-state index contributed by atoms with van der Waals surface area (Å²) in [5.41, 5.74) is 8.78. The molecule has 55 heavy (non-hydrogen) atoms. The first kappa shape index (κ1) is 30.4. The summed E-state index contributed by atoms with van der Waals surface area (Å²) in [6, 6.07) is 65.1. The second kappa shape index (κ2) is 11.7. The molecule has 8 aromatic carbocycles. The zero-order valence-corrected chi connectivity index (χ0v) is 30.3. The molecule has 0 saturated heterocycles. The van der Waals surface area contributed by atoms with Gasteiger partial charge in [-0.05, 0) is 47.9 Å². The van der Waals surface area contributed by atoms with Crippen LogP contribution < -0.4 is 0 Å². The van der Waals surface area contributed by atoms with Crippen LogP contribution in [0.25, 0.3) is 109 Å². The van der Waals surface area contributed by atoms with Crippen molar-refractivity contribution in [1.82, 2.24) is 19.1 Å². The average molecular weight is 719 g/mol. The molecule has 0 saturated carbocycles. The van der Waals surface area contributed by atoms with Crippen LogP contribution in [0.1, 0.15) is 0 Å². The Morgan fingerprint density at radius 1 is 0.382 bits per heavy atom. The third-order valence-electron chi connectivity index (χ3n) is 11.1. The third kappa shape index (κ3) is 4.45. The number of benzene rings is 8. The van der Waals surface area contributed by atoms with Gasteiger partial charge in [-0.1, -0.05) is 133 Å². The fourth-order valence-corrected chi connectivity index (χ4v) is 9.92. The Hall–Kier alpha value is -7.08. The van der Waals surface area contributed by atoms with Gasteiger partial charge in [-0.25, -0.2) is 9.97 Å². The lowest BCUT2D eigenvalue weighted by Gasteiger charge is -2.12. The van der Waals surface area contributed by atoms with E-state index in [9.17, 15) is 0 Å². The van der Waals surface area contributed by atoms with E-state index in [-0.39, 0.29) is 0 Å². The van der Waals surface area contributed by atoms with Gasteiger partial charge in [0.2, 0.25) is 0 Å². The van der Waals surface area contributed by atoms with Crippen molar-refractivity contribution in [2.75, 3.05) is 0 Å². The zero-order valence-electron chi connectivity index (χ0n) is 29.5. The quantitative estimate of drug-likeness (QED) is 0.182. The van der Waals surface area contributed by atoms with Gasteiger partial charge in [0.1, 0.15) is 5.82 Å². The molecule has 4 heterocycles. The van der Waals surface area contributed by atoms with Gasteiger partial charge in [-0.3, -0.25) is 4.57 Å².